The second kappa shape index (κ2) is 12.2. The molecule has 2 heterocycles. The zero-order valence-electron chi connectivity index (χ0n) is 29.5. The quantitative estimate of drug-likeness (QED) is 0.182. The molecule has 0 saturated heterocycles. The summed E-state index contributed by atoms with van der Waals surface area (Å²) in [5, 5.41) is 3.59. The second-order valence-electron chi connectivity index (χ2n) is 14.3. The van der Waals surface area contributed by atoms with Gasteiger partial charge in [0.25, 0.3) is 0 Å². The molecule has 0 atom stereocenters. The Morgan fingerprint density at radius 3 is 1.70 bits per heavy atom. The van der Waals surface area contributed by atoms with Crippen LogP contribution in [-0.2, 0) is 5.41 Å². The number of pyridine rings is 1. The van der Waals surface area contributed by atoms with Gasteiger partial charge in [0.2, 0.25) is 0 Å². The third-order valence-corrected chi connectivity index (χ3v) is 10.7. The van der Waals surface area contributed by atoms with Gasteiger partial charge in [0.15, 0.2) is 17.5 Å². The normalized spacial score (nSPS) is 12.9. The van der Waals surface area contributed by atoms with Crippen molar-refractivity contribution in [1.29, 1.82) is 0 Å². The van der Waals surface area contributed by atoms with Crippen molar-refractivity contribution in [2.24, 2.45) is 0 Å². The van der Waals surface area contributed by atoms with E-state index in [0.29, 0.717) is 17.5 Å². The van der Waals surface area contributed by atoms with Crippen LogP contribution in [0.1, 0.15) is 25.0 Å². The van der Waals surface area contributed by atoms with Crippen molar-refractivity contribution in [2.75, 3.05) is 0 Å². The fraction of sp³-hybridized carbons (Fsp3) is 0.0612. The third-order valence-electron chi connectivity index (χ3n) is 10.7. The maximum Gasteiger partial charge on any atom is 0.164 e. The SMILES string of the molecule is CC1(C)c2ccccc2-c2cc3nc(-c4cccc(-c5nc(-c6ccccc6)nc(-c6ccccc6)n5)c4)cc(-c4ccc5ccccc5c4)c3cc21. The Morgan fingerprint density at radius 1 is 0.358 bits per heavy atom. The summed E-state index contributed by atoms with van der Waals surface area (Å²) in [6.07, 6.45) is 0. The Morgan fingerprint density at radius 2 is 0.962 bits per heavy atom. The van der Waals surface area contributed by atoms with E-state index in [9.17, 15) is 0 Å². The molecule has 9 aromatic rings. The minimum absolute atomic E-state index is 0.116. The van der Waals surface area contributed by atoms with E-state index in [2.05, 4.69) is 123 Å². The molecule has 0 spiro atoms. The van der Waals surface area contributed by atoms with Gasteiger partial charge in [-0.2, -0.15) is 0 Å². The zero-order valence-corrected chi connectivity index (χ0v) is 29.5. The molecule has 0 amide bonds. The smallest absolute Gasteiger partial charge is 0.164 e. The van der Waals surface area contributed by atoms with Crippen LogP contribution >= 0.6 is 0 Å². The van der Waals surface area contributed by atoms with Crippen LogP contribution in [0.5, 0.6) is 0 Å². The predicted octanol–water partition coefficient (Wildman–Crippen LogP) is 12.2. The van der Waals surface area contributed by atoms with Gasteiger partial charge in [-0.3, -0.25) is 0 Å². The average molecular weight is 679 g/mol. The fourth-order valence-corrected chi connectivity index (χ4v) is 7.92. The number of aromatic nitrogens is 4. The standard InChI is InChI=1S/C49H34N4/c1-49(2)42-23-12-11-22-38(42)40-30-45-41(28-43(40)49)39(35-25-24-31-14-9-10-19-34(31)26-35)29-44(50-45)36-20-13-21-37(27-36)48-52-46(32-15-5-3-6-16-32)51-47(53-48)33-17-7-4-8-18-33/h3-30H,1-2H3. The largest absolute Gasteiger partial charge is 0.248 e. The summed E-state index contributed by atoms with van der Waals surface area (Å²) in [6.45, 7) is 4.67. The van der Waals surface area contributed by atoms with Crippen LogP contribution in [0, 0.1) is 0 Å². The molecule has 1 aliphatic rings. The number of benzene rings is 7. The van der Waals surface area contributed by atoms with Gasteiger partial charge in [0.1, 0.15) is 0 Å². The molecule has 0 aliphatic heterocycles. The molecular formula is C49H34N4. The van der Waals surface area contributed by atoms with Gasteiger partial charge in [-0.15, -0.1) is 0 Å². The molecular weight excluding hydrogens is 645 g/mol. The van der Waals surface area contributed by atoms with E-state index in [1.807, 2.05) is 60.7 Å². The third kappa shape index (κ3) is 5.30. The number of hydrogen-bond acceptors (Lipinski definition) is 4. The van der Waals surface area contributed by atoms with Crippen LogP contribution in [0.2, 0.25) is 0 Å². The molecule has 2 aromatic heterocycles. The number of rotatable bonds is 5. The van der Waals surface area contributed by atoms with Gasteiger partial charge < -0.3 is 0 Å². The van der Waals surface area contributed by atoms with E-state index in [0.717, 1.165) is 44.4 Å². The first-order valence-corrected chi connectivity index (χ1v) is 18.1. The van der Waals surface area contributed by atoms with E-state index in [1.54, 1.807) is 0 Å². The molecule has 0 saturated carbocycles. The Balaban J connectivity index is 1.17. The molecule has 0 radical (unpaired) electrons. The van der Waals surface area contributed by atoms with Gasteiger partial charge in [-0.25, -0.2) is 19.9 Å². The molecule has 4 heteroatoms. The van der Waals surface area contributed by atoms with Crippen molar-refractivity contribution in [3.63, 3.8) is 0 Å². The van der Waals surface area contributed by atoms with Gasteiger partial charge in [-0.05, 0) is 74.5 Å². The molecule has 10 rings (SSSR count). The first-order chi connectivity index (χ1) is 26.0. The molecule has 4 nitrogen and oxygen atoms in total. The van der Waals surface area contributed by atoms with E-state index >= 15 is 0 Å². The first kappa shape index (κ1) is 31.0. The monoisotopic (exact) mass is 678 g/mol. The lowest BCUT2D eigenvalue weighted by Crippen LogP contribution is -2.14. The molecule has 0 N–H and O–H groups in total. The van der Waals surface area contributed by atoms with Crippen LogP contribution in [0.4, 0.5) is 0 Å². The molecule has 0 bridgehead atoms. The minimum Gasteiger partial charge on any atom is -0.248 e. The van der Waals surface area contributed by atoms with E-state index < -0.39 is 0 Å². The van der Waals surface area contributed by atoms with Crippen LogP contribution in [0.25, 0.3) is 89.4 Å². The predicted molar refractivity (Wildman–Crippen MR) is 217 cm³/mol. The summed E-state index contributed by atoms with van der Waals surface area (Å²) in [7, 11) is 0. The summed E-state index contributed by atoms with van der Waals surface area (Å²) in [4.78, 5) is 20.3. The maximum absolute atomic E-state index is 5.40. The van der Waals surface area contributed by atoms with Crippen LogP contribution in [0.3, 0.4) is 0 Å². The molecule has 1 aliphatic carbocycles. The van der Waals surface area contributed by atoms with Crippen molar-refractivity contribution in [1.82, 2.24) is 19.9 Å². The molecule has 0 fully saturated rings. The van der Waals surface area contributed by atoms with Gasteiger partial charge >= 0.3 is 0 Å². The average Bonchev–Trinajstić information content (AvgIpc) is 3.45. The fourth-order valence-electron chi connectivity index (χ4n) is 7.92. The van der Waals surface area contributed by atoms with Crippen molar-refractivity contribution >= 4 is 21.7 Å². The summed E-state index contributed by atoms with van der Waals surface area (Å²) in [5.41, 5.74) is 13.1. The van der Waals surface area contributed by atoms with E-state index in [1.165, 1.54) is 38.6 Å². The van der Waals surface area contributed by atoms with E-state index in [4.69, 9.17) is 19.9 Å². The molecule has 53 heavy (non-hydrogen) atoms. The Hall–Kier alpha value is -6.78. The summed E-state index contributed by atoms with van der Waals surface area (Å²) in [6, 6.07) is 59.7. The van der Waals surface area contributed by atoms with Crippen molar-refractivity contribution in [3.05, 3.63) is 181 Å². The lowest BCUT2D eigenvalue weighted by atomic mass is 9.81. The highest BCUT2D eigenvalue weighted by molar-refractivity contribution is 6.02. The van der Waals surface area contributed by atoms with Gasteiger partial charge in [-0.1, -0.05) is 153 Å². The van der Waals surface area contributed by atoms with Gasteiger partial charge in [0.05, 0.1) is 11.2 Å². The Kier molecular flexibility index (Phi) is 7.12. The molecule has 250 valence electrons. The Labute approximate surface area is 308 Å². The van der Waals surface area contributed by atoms with Crippen molar-refractivity contribution < 1.29 is 0 Å². The number of nitrogens with zero attached hydrogens (tertiary/aromatic N) is 4. The minimum atomic E-state index is -0.116. The first-order valence-electron chi connectivity index (χ1n) is 18.1. The lowest BCUT2D eigenvalue weighted by molar-refractivity contribution is 0.661. The molecule has 7 aromatic carbocycles. The number of fused-ring (bicyclic) bond motifs is 5. The highest BCUT2D eigenvalue weighted by Crippen LogP contribution is 2.50. The zero-order chi connectivity index (χ0) is 35.5. The number of hydrogen-bond donors (Lipinski definition) is 0. The van der Waals surface area contributed by atoms with Crippen molar-refractivity contribution in [2.45, 2.75) is 19.3 Å². The molecule has 0 unspecified atom stereocenters. The van der Waals surface area contributed by atoms with Crippen LogP contribution in [-0.4, -0.2) is 19.9 Å². The van der Waals surface area contributed by atoms with E-state index in [-0.39, 0.29) is 5.41 Å². The van der Waals surface area contributed by atoms with Crippen LogP contribution < -0.4 is 0 Å². The summed E-state index contributed by atoms with van der Waals surface area (Å²) >= 11 is 0. The second-order valence-corrected chi connectivity index (χ2v) is 14.3. The van der Waals surface area contributed by atoms with Gasteiger partial charge in [0, 0.05) is 33.1 Å². The lowest BCUT2D eigenvalue weighted by Gasteiger charge is -2.22. The van der Waals surface area contributed by atoms with Crippen molar-refractivity contribution in [3.8, 4) is 67.7 Å². The highest BCUT2D eigenvalue weighted by Gasteiger charge is 2.35. The summed E-state index contributed by atoms with van der Waals surface area (Å²) in [5.74, 6) is 1.89. The Bertz CT molecular complexity index is 2800. The highest BCUT2D eigenvalue weighted by atomic mass is 15.0. The summed E-state index contributed by atoms with van der Waals surface area (Å²) < 4.78 is 0. The van der Waals surface area contributed by atoms with Crippen LogP contribution in [0.15, 0.2) is 170 Å². The maximum atomic E-state index is 5.40. The topological polar surface area (TPSA) is 51.6 Å².